The van der Waals surface area contributed by atoms with Crippen molar-refractivity contribution in [3.05, 3.63) is 59.7 Å². The third-order valence-corrected chi connectivity index (χ3v) is 5.31. The molecule has 7 heteroatoms. The van der Waals surface area contributed by atoms with Crippen molar-refractivity contribution < 1.29 is 12.8 Å². The smallest absolute Gasteiger partial charge is 0.244 e. The molecule has 0 bridgehead atoms. The molecule has 0 fully saturated rings. The molecule has 0 aliphatic rings. The van der Waals surface area contributed by atoms with Gasteiger partial charge in [-0.3, -0.25) is 4.98 Å². The highest BCUT2D eigenvalue weighted by molar-refractivity contribution is 7.89. The van der Waals surface area contributed by atoms with Gasteiger partial charge in [-0.15, -0.1) is 0 Å². The fourth-order valence-electron chi connectivity index (χ4n) is 1.95. The first kappa shape index (κ1) is 16.1. The molecule has 114 valence electrons. The number of aromatic nitrogens is 1. The van der Waals surface area contributed by atoms with Crippen molar-refractivity contribution in [3.63, 3.8) is 0 Å². The third kappa shape index (κ3) is 3.13. The van der Waals surface area contributed by atoms with Crippen molar-refractivity contribution in [1.82, 2.24) is 9.29 Å². The minimum atomic E-state index is -3.80. The van der Waals surface area contributed by atoms with Gasteiger partial charge in [0.25, 0.3) is 0 Å². The third-order valence-electron chi connectivity index (χ3n) is 3.42. The Morgan fingerprint density at radius 1 is 1.27 bits per heavy atom. The predicted octanol–water partition coefficient (Wildman–Crippen LogP) is 2.47. The number of pyridine rings is 1. The molecule has 1 unspecified atom stereocenters. The lowest BCUT2D eigenvalue weighted by Crippen LogP contribution is -2.30. The fraction of sp³-hybridized carbons (Fsp3) is 0.200. The molecule has 0 aliphatic heterocycles. The molecule has 1 aromatic heterocycles. The number of hydrogen-bond acceptors (Lipinski definition) is 4. The quantitative estimate of drug-likeness (QED) is 0.867. The van der Waals surface area contributed by atoms with E-state index in [2.05, 4.69) is 4.98 Å². The molecule has 0 saturated heterocycles. The number of nitriles is 1. The van der Waals surface area contributed by atoms with E-state index in [4.69, 9.17) is 5.26 Å². The zero-order valence-electron chi connectivity index (χ0n) is 12.1. The van der Waals surface area contributed by atoms with E-state index in [0.717, 1.165) is 0 Å². The molecule has 0 aliphatic carbocycles. The minimum Gasteiger partial charge on any atom is -0.262 e. The van der Waals surface area contributed by atoms with Crippen LogP contribution in [0, 0.1) is 17.1 Å². The maximum atomic E-state index is 13.0. The molecule has 2 rings (SSSR count). The van der Waals surface area contributed by atoms with Crippen molar-refractivity contribution in [2.45, 2.75) is 17.9 Å². The van der Waals surface area contributed by atoms with Crippen LogP contribution in [0.2, 0.25) is 0 Å². The Balaban J connectivity index is 2.36. The lowest BCUT2D eigenvalue weighted by Gasteiger charge is -2.24. The van der Waals surface area contributed by atoms with Gasteiger partial charge in [0.2, 0.25) is 10.0 Å². The Hall–Kier alpha value is -2.30. The fourth-order valence-corrected chi connectivity index (χ4v) is 3.29. The highest BCUT2D eigenvalue weighted by Gasteiger charge is 2.26. The van der Waals surface area contributed by atoms with Crippen molar-refractivity contribution in [2.75, 3.05) is 7.05 Å². The summed E-state index contributed by atoms with van der Waals surface area (Å²) in [5.41, 5.74) is 0.834. The monoisotopic (exact) mass is 319 g/mol. The van der Waals surface area contributed by atoms with Gasteiger partial charge in [0, 0.05) is 25.5 Å². The molecule has 0 amide bonds. The van der Waals surface area contributed by atoms with E-state index in [1.54, 1.807) is 6.92 Å². The van der Waals surface area contributed by atoms with Crippen LogP contribution in [0.4, 0.5) is 4.39 Å². The summed E-state index contributed by atoms with van der Waals surface area (Å²) in [5.74, 6) is -0.382. The second-order valence-corrected chi connectivity index (χ2v) is 6.77. The number of benzene rings is 1. The van der Waals surface area contributed by atoms with Gasteiger partial charge in [-0.25, -0.2) is 12.8 Å². The lowest BCUT2D eigenvalue weighted by atomic mass is 10.1. The van der Waals surface area contributed by atoms with E-state index >= 15 is 0 Å². The predicted molar refractivity (Wildman–Crippen MR) is 78.7 cm³/mol. The van der Waals surface area contributed by atoms with Crippen molar-refractivity contribution in [1.29, 1.82) is 5.26 Å². The van der Waals surface area contributed by atoms with Gasteiger partial charge < -0.3 is 0 Å². The summed E-state index contributed by atoms with van der Waals surface area (Å²) in [6.07, 6.45) is 2.49. The van der Waals surface area contributed by atoms with Crippen LogP contribution in [0.15, 0.2) is 47.6 Å². The van der Waals surface area contributed by atoms with E-state index in [1.165, 1.54) is 54.1 Å². The number of rotatable bonds is 4. The van der Waals surface area contributed by atoms with Crippen molar-refractivity contribution in [2.24, 2.45) is 0 Å². The summed E-state index contributed by atoms with van der Waals surface area (Å²) >= 11 is 0. The summed E-state index contributed by atoms with van der Waals surface area (Å²) in [7, 11) is -2.37. The second-order valence-electron chi connectivity index (χ2n) is 4.77. The van der Waals surface area contributed by atoms with Crippen LogP contribution in [0.25, 0.3) is 0 Å². The van der Waals surface area contributed by atoms with Crippen LogP contribution >= 0.6 is 0 Å². The molecule has 0 spiro atoms. The molecule has 1 heterocycles. The van der Waals surface area contributed by atoms with Gasteiger partial charge in [-0.2, -0.15) is 9.57 Å². The Morgan fingerprint density at radius 2 is 1.91 bits per heavy atom. The molecule has 0 N–H and O–H groups in total. The summed E-state index contributed by atoms with van der Waals surface area (Å²) < 4.78 is 39.3. The Bertz CT molecular complexity index is 813. The molecule has 1 aromatic carbocycles. The van der Waals surface area contributed by atoms with Gasteiger partial charge >= 0.3 is 0 Å². The molecule has 0 saturated carbocycles. The molecule has 0 radical (unpaired) electrons. The maximum absolute atomic E-state index is 13.0. The molecule has 1 atom stereocenters. The van der Waals surface area contributed by atoms with Gasteiger partial charge in [0.05, 0.1) is 5.56 Å². The zero-order valence-corrected chi connectivity index (χ0v) is 12.9. The highest BCUT2D eigenvalue weighted by Crippen LogP contribution is 2.25. The minimum absolute atomic E-state index is 0.0528. The van der Waals surface area contributed by atoms with E-state index < -0.39 is 16.1 Å². The first-order chi connectivity index (χ1) is 10.4. The summed E-state index contributed by atoms with van der Waals surface area (Å²) in [6.45, 7) is 1.70. The van der Waals surface area contributed by atoms with E-state index in [1.807, 2.05) is 6.07 Å². The van der Waals surface area contributed by atoms with Crippen molar-refractivity contribution >= 4 is 10.0 Å². The maximum Gasteiger partial charge on any atom is 0.244 e. The number of nitrogens with zero attached hydrogens (tertiary/aromatic N) is 3. The zero-order chi connectivity index (χ0) is 16.3. The van der Waals surface area contributed by atoms with Crippen LogP contribution in [-0.4, -0.2) is 24.8 Å². The number of hydrogen-bond donors (Lipinski definition) is 0. The number of halogens is 1. The number of sulfonamides is 1. The normalized spacial score (nSPS) is 12.9. The Morgan fingerprint density at radius 3 is 2.50 bits per heavy atom. The van der Waals surface area contributed by atoms with Crippen LogP contribution in [0.3, 0.4) is 0 Å². The Kier molecular flexibility index (Phi) is 4.54. The highest BCUT2D eigenvalue weighted by atomic mass is 32.2. The van der Waals surface area contributed by atoms with Crippen LogP contribution in [0.1, 0.15) is 24.1 Å². The van der Waals surface area contributed by atoms with Gasteiger partial charge in [0.1, 0.15) is 16.8 Å². The SMILES string of the molecule is CC(c1ccc(F)cc1)N(C)S(=O)(=O)c1cncc(C#N)c1. The molecule has 5 nitrogen and oxygen atoms in total. The second kappa shape index (κ2) is 6.22. The molecular weight excluding hydrogens is 305 g/mol. The first-order valence-electron chi connectivity index (χ1n) is 6.45. The van der Waals surface area contributed by atoms with Gasteiger partial charge in [-0.05, 0) is 30.7 Å². The average molecular weight is 319 g/mol. The summed E-state index contributed by atoms with van der Waals surface area (Å²) in [5, 5.41) is 8.85. The Labute approximate surface area is 128 Å². The largest absolute Gasteiger partial charge is 0.262 e. The van der Waals surface area contributed by atoms with Gasteiger partial charge in [0.15, 0.2) is 0 Å². The lowest BCUT2D eigenvalue weighted by molar-refractivity contribution is 0.398. The van der Waals surface area contributed by atoms with Crippen LogP contribution < -0.4 is 0 Å². The van der Waals surface area contributed by atoms with Crippen LogP contribution in [0.5, 0.6) is 0 Å². The standard InChI is InChI=1S/C15H14FN3O2S/c1-11(13-3-5-14(16)6-4-13)19(2)22(20,21)15-7-12(8-17)9-18-10-15/h3-7,9-11H,1-2H3. The van der Waals surface area contributed by atoms with Gasteiger partial charge in [-0.1, -0.05) is 12.1 Å². The summed E-state index contributed by atoms with van der Waals surface area (Å²) in [4.78, 5) is 3.72. The van der Waals surface area contributed by atoms with E-state index in [0.29, 0.717) is 5.56 Å². The van der Waals surface area contributed by atoms with Crippen LogP contribution in [-0.2, 0) is 10.0 Å². The molecule has 2 aromatic rings. The molecule has 22 heavy (non-hydrogen) atoms. The first-order valence-corrected chi connectivity index (χ1v) is 7.89. The van der Waals surface area contributed by atoms with E-state index in [9.17, 15) is 12.8 Å². The summed E-state index contributed by atoms with van der Waals surface area (Å²) in [6, 6.07) is 8.28. The van der Waals surface area contributed by atoms with E-state index in [-0.39, 0.29) is 16.3 Å². The topological polar surface area (TPSA) is 74.1 Å². The molecular formula is C15H14FN3O2S. The average Bonchev–Trinajstić information content (AvgIpc) is 2.54. The van der Waals surface area contributed by atoms with Crippen molar-refractivity contribution in [3.8, 4) is 6.07 Å².